The molecule has 0 aliphatic rings. The standard InChI is InChI=1S/C26H23ClN2O5/c1-15(10-25(30)29-20-6-5-9-28-26(20)27)17-12-18-19(14-34-23(18)13-22(17)32-3)16-7-8-21(31-2)24(11-16)33-4/h5-14H,1-4H3,(H,29,30)/b15-10+. The van der Waals surface area contributed by atoms with E-state index in [0.717, 1.165) is 22.1 Å². The molecule has 8 heteroatoms. The van der Waals surface area contributed by atoms with Crippen LogP contribution in [0.4, 0.5) is 5.69 Å². The Morgan fingerprint density at radius 1 is 1.03 bits per heavy atom. The highest BCUT2D eigenvalue weighted by atomic mass is 35.5. The predicted octanol–water partition coefficient (Wildman–Crippen LogP) is 6.22. The Labute approximate surface area is 201 Å². The van der Waals surface area contributed by atoms with Crippen molar-refractivity contribution in [1.29, 1.82) is 0 Å². The van der Waals surface area contributed by atoms with E-state index in [9.17, 15) is 4.79 Å². The van der Waals surface area contributed by atoms with Gasteiger partial charge in [-0.1, -0.05) is 17.7 Å². The van der Waals surface area contributed by atoms with Gasteiger partial charge < -0.3 is 23.9 Å². The molecular weight excluding hydrogens is 456 g/mol. The molecule has 7 nitrogen and oxygen atoms in total. The van der Waals surface area contributed by atoms with Crippen molar-refractivity contribution in [3.63, 3.8) is 0 Å². The average molecular weight is 479 g/mol. The Morgan fingerprint density at radius 3 is 2.50 bits per heavy atom. The van der Waals surface area contributed by atoms with Crippen LogP contribution >= 0.6 is 11.6 Å². The number of fused-ring (bicyclic) bond motifs is 1. The summed E-state index contributed by atoms with van der Waals surface area (Å²) < 4.78 is 22.2. The summed E-state index contributed by atoms with van der Waals surface area (Å²) in [4.78, 5) is 16.6. The van der Waals surface area contributed by atoms with Gasteiger partial charge in [-0.15, -0.1) is 0 Å². The van der Waals surface area contributed by atoms with Crippen LogP contribution in [0.3, 0.4) is 0 Å². The van der Waals surface area contributed by atoms with Crippen LogP contribution in [0.5, 0.6) is 17.2 Å². The minimum Gasteiger partial charge on any atom is -0.496 e. The average Bonchev–Trinajstić information content (AvgIpc) is 3.27. The van der Waals surface area contributed by atoms with Gasteiger partial charge in [-0.05, 0) is 48.4 Å². The molecule has 0 fully saturated rings. The molecule has 4 rings (SSSR count). The van der Waals surface area contributed by atoms with E-state index < -0.39 is 0 Å². The molecule has 2 aromatic heterocycles. The first-order chi connectivity index (χ1) is 16.4. The van der Waals surface area contributed by atoms with Crippen LogP contribution in [-0.2, 0) is 4.79 Å². The van der Waals surface area contributed by atoms with Crippen molar-refractivity contribution in [2.45, 2.75) is 6.92 Å². The van der Waals surface area contributed by atoms with Crippen molar-refractivity contribution in [3.05, 3.63) is 71.7 Å². The van der Waals surface area contributed by atoms with E-state index in [1.165, 1.54) is 6.08 Å². The summed E-state index contributed by atoms with van der Waals surface area (Å²) in [7, 11) is 4.76. The van der Waals surface area contributed by atoms with Crippen molar-refractivity contribution >= 4 is 39.7 Å². The summed E-state index contributed by atoms with van der Waals surface area (Å²) in [6, 6.07) is 12.8. The third kappa shape index (κ3) is 4.56. The number of halogens is 1. The lowest BCUT2D eigenvalue weighted by Crippen LogP contribution is -2.09. The summed E-state index contributed by atoms with van der Waals surface area (Å²) >= 11 is 6.04. The number of aromatic nitrogens is 1. The fourth-order valence-electron chi connectivity index (χ4n) is 3.68. The molecule has 2 aromatic carbocycles. The lowest BCUT2D eigenvalue weighted by molar-refractivity contribution is -0.111. The fourth-order valence-corrected chi connectivity index (χ4v) is 3.85. The van der Waals surface area contributed by atoms with E-state index >= 15 is 0 Å². The van der Waals surface area contributed by atoms with Crippen LogP contribution in [0.25, 0.3) is 27.7 Å². The summed E-state index contributed by atoms with van der Waals surface area (Å²) in [6.07, 6.45) is 4.73. The van der Waals surface area contributed by atoms with E-state index in [-0.39, 0.29) is 11.1 Å². The number of nitrogens with one attached hydrogen (secondary N) is 1. The SMILES string of the molecule is COc1ccc(-c2coc3cc(OC)c(/C(C)=C/C(=O)Nc4cccnc4Cl)cc23)cc1OC. The zero-order valence-electron chi connectivity index (χ0n) is 19.1. The molecule has 0 radical (unpaired) electrons. The first-order valence-corrected chi connectivity index (χ1v) is 10.7. The first kappa shape index (κ1) is 23.2. The van der Waals surface area contributed by atoms with Crippen molar-refractivity contribution in [2.24, 2.45) is 0 Å². The zero-order valence-corrected chi connectivity index (χ0v) is 19.9. The van der Waals surface area contributed by atoms with Crippen molar-refractivity contribution < 1.29 is 23.4 Å². The van der Waals surface area contributed by atoms with E-state index in [4.69, 9.17) is 30.2 Å². The minimum absolute atomic E-state index is 0.221. The molecule has 34 heavy (non-hydrogen) atoms. The van der Waals surface area contributed by atoms with E-state index in [2.05, 4.69) is 10.3 Å². The smallest absolute Gasteiger partial charge is 0.248 e. The number of allylic oxidation sites excluding steroid dienone is 1. The van der Waals surface area contributed by atoms with Gasteiger partial charge in [0.2, 0.25) is 5.91 Å². The highest BCUT2D eigenvalue weighted by molar-refractivity contribution is 6.32. The molecule has 174 valence electrons. The number of methoxy groups -OCH3 is 3. The third-order valence-corrected chi connectivity index (χ3v) is 5.68. The summed E-state index contributed by atoms with van der Waals surface area (Å²) in [6.45, 7) is 1.84. The predicted molar refractivity (Wildman–Crippen MR) is 133 cm³/mol. The lowest BCUT2D eigenvalue weighted by atomic mass is 9.99. The molecule has 1 N–H and O–H groups in total. The molecule has 2 heterocycles. The number of rotatable bonds is 7. The number of hydrogen-bond acceptors (Lipinski definition) is 6. The number of nitrogens with zero attached hydrogens (tertiary/aromatic N) is 1. The highest BCUT2D eigenvalue weighted by Gasteiger charge is 2.16. The van der Waals surface area contributed by atoms with Crippen LogP contribution in [-0.4, -0.2) is 32.2 Å². The van der Waals surface area contributed by atoms with Crippen LogP contribution < -0.4 is 19.5 Å². The quantitative estimate of drug-likeness (QED) is 0.251. The maximum absolute atomic E-state index is 12.6. The Hall–Kier alpha value is -3.97. The third-order valence-electron chi connectivity index (χ3n) is 5.38. The second-order valence-corrected chi connectivity index (χ2v) is 7.78. The highest BCUT2D eigenvalue weighted by Crippen LogP contribution is 2.39. The van der Waals surface area contributed by atoms with Gasteiger partial charge in [-0.2, -0.15) is 0 Å². The van der Waals surface area contributed by atoms with E-state index in [1.54, 1.807) is 45.9 Å². The van der Waals surface area contributed by atoms with Crippen LogP contribution in [0.1, 0.15) is 12.5 Å². The largest absolute Gasteiger partial charge is 0.496 e. The normalized spacial score (nSPS) is 11.4. The molecule has 0 aliphatic carbocycles. The summed E-state index contributed by atoms with van der Waals surface area (Å²) in [5.74, 6) is 1.51. The van der Waals surface area contributed by atoms with Crippen molar-refractivity contribution in [3.8, 4) is 28.4 Å². The van der Waals surface area contributed by atoms with Gasteiger partial charge in [0.15, 0.2) is 16.7 Å². The Kier molecular flexibility index (Phi) is 6.75. The summed E-state index contributed by atoms with van der Waals surface area (Å²) in [5.41, 5.74) is 4.33. The lowest BCUT2D eigenvalue weighted by Gasteiger charge is -2.11. The molecule has 0 bridgehead atoms. The molecule has 0 spiro atoms. The first-order valence-electron chi connectivity index (χ1n) is 10.4. The monoisotopic (exact) mass is 478 g/mol. The number of amides is 1. The molecular formula is C26H23ClN2O5. The van der Waals surface area contributed by atoms with E-state index in [1.807, 2.05) is 37.3 Å². The zero-order chi connectivity index (χ0) is 24.2. The van der Waals surface area contributed by atoms with Gasteiger partial charge in [-0.25, -0.2) is 4.98 Å². The van der Waals surface area contributed by atoms with Gasteiger partial charge in [-0.3, -0.25) is 4.79 Å². The van der Waals surface area contributed by atoms with Crippen molar-refractivity contribution in [1.82, 2.24) is 4.98 Å². The molecule has 0 saturated carbocycles. The Morgan fingerprint density at radius 2 is 1.79 bits per heavy atom. The second-order valence-electron chi connectivity index (χ2n) is 7.43. The molecule has 0 saturated heterocycles. The van der Waals surface area contributed by atoms with Crippen LogP contribution in [0.2, 0.25) is 5.15 Å². The number of pyridine rings is 1. The molecule has 0 unspecified atom stereocenters. The minimum atomic E-state index is -0.332. The molecule has 0 atom stereocenters. The van der Waals surface area contributed by atoms with Gasteiger partial charge in [0.1, 0.15) is 11.3 Å². The number of carbonyl (C=O) groups excluding carboxylic acids is 1. The second kappa shape index (κ2) is 9.89. The maximum atomic E-state index is 12.6. The van der Waals surface area contributed by atoms with Crippen molar-refractivity contribution in [2.75, 3.05) is 26.6 Å². The van der Waals surface area contributed by atoms with Crippen LogP contribution in [0, 0.1) is 0 Å². The van der Waals surface area contributed by atoms with Crippen LogP contribution in [0.15, 0.2) is 65.4 Å². The fraction of sp³-hybridized carbons (Fsp3) is 0.154. The summed E-state index contributed by atoms with van der Waals surface area (Å²) in [5, 5.41) is 3.83. The molecule has 0 aliphatic heterocycles. The molecule has 4 aromatic rings. The Bertz CT molecular complexity index is 1390. The van der Waals surface area contributed by atoms with Gasteiger partial charge in [0.25, 0.3) is 0 Å². The number of hydrogen-bond donors (Lipinski definition) is 1. The van der Waals surface area contributed by atoms with Gasteiger partial charge >= 0.3 is 0 Å². The molecule has 1 amide bonds. The van der Waals surface area contributed by atoms with Gasteiger partial charge in [0.05, 0.1) is 33.3 Å². The number of anilines is 1. The topological polar surface area (TPSA) is 82.8 Å². The van der Waals surface area contributed by atoms with E-state index in [0.29, 0.717) is 34.1 Å². The van der Waals surface area contributed by atoms with Gasteiger partial charge in [0, 0.05) is 34.9 Å². The number of carbonyl (C=O) groups is 1. The Balaban J connectivity index is 1.74. The number of benzene rings is 2. The maximum Gasteiger partial charge on any atom is 0.248 e. The number of ether oxygens (including phenoxy) is 3. The number of furan rings is 1.